The molecule has 2 N–H and O–H groups in total. The molecule has 2 heterocycles. The summed E-state index contributed by atoms with van der Waals surface area (Å²) in [5, 5.41) is 16.9. The van der Waals surface area contributed by atoms with Crippen molar-refractivity contribution in [3.63, 3.8) is 0 Å². The van der Waals surface area contributed by atoms with E-state index in [0.29, 0.717) is 12.4 Å². The summed E-state index contributed by atoms with van der Waals surface area (Å²) in [5.74, 6) is 0.666. The van der Waals surface area contributed by atoms with E-state index >= 15 is 0 Å². The molecule has 0 spiro atoms. The molecular formula is C17H24N6O. The number of rotatable bonds is 5. The summed E-state index contributed by atoms with van der Waals surface area (Å²) in [7, 11) is 0. The maximum atomic E-state index is 12.4. The van der Waals surface area contributed by atoms with Gasteiger partial charge in [0.15, 0.2) is 0 Å². The molecule has 7 nitrogen and oxygen atoms in total. The Labute approximate surface area is 141 Å². The van der Waals surface area contributed by atoms with E-state index in [0.717, 1.165) is 24.2 Å². The summed E-state index contributed by atoms with van der Waals surface area (Å²) in [4.78, 5) is 14.7. The van der Waals surface area contributed by atoms with Crippen LogP contribution in [0.3, 0.4) is 0 Å². The largest absolute Gasteiger partial charge is 0.351 e. The van der Waals surface area contributed by atoms with Crippen molar-refractivity contribution in [3.05, 3.63) is 29.8 Å². The van der Waals surface area contributed by atoms with E-state index in [1.165, 1.54) is 25.7 Å². The minimum atomic E-state index is -0.0679. The van der Waals surface area contributed by atoms with E-state index in [9.17, 15) is 4.79 Å². The van der Waals surface area contributed by atoms with Crippen LogP contribution in [0.15, 0.2) is 24.3 Å². The fourth-order valence-electron chi connectivity index (χ4n) is 3.04. The van der Waals surface area contributed by atoms with Crippen molar-refractivity contribution in [2.75, 3.05) is 13.1 Å². The van der Waals surface area contributed by atoms with Crippen molar-refractivity contribution in [1.82, 2.24) is 30.8 Å². The third-order valence-electron chi connectivity index (χ3n) is 4.59. The molecule has 0 saturated carbocycles. The first-order valence-corrected chi connectivity index (χ1v) is 8.58. The number of tetrazole rings is 1. The number of likely N-dealkylation sites (tertiary alicyclic amines) is 1. The molecule has 1 atom stereocenters. The lowest BCUT2D eigenvalue weighted by atomic mass is 10.1. The number of aromatic nitrogens is 4. The summed E-state index contributed by atoms with van der Waals surface area (Å²) in [5.41, 5.74) is 1.95. The Morgan fingerprint density at radius 1 is 1.21 bits per heavy atom. The minimum absolute atomic E-state index is 0.0679. The Balaban J connectivity index is 1.52. The number of carbonyl (C=O) groups is 1. The number of carbonyl (C=O) groups excluding carboxylic acids is 1. The second-order valence-corrected chi connectivity index (χ2v) is 6.28. The SMILES string of the molecule is C[C@H](C(=O)NCc1ccc(-c2nn[nH]n2)cc1)N1CCCCCC1. The van der Waals surface area contributed by atoms with Crippen LogP contribution in [0.2, 0.25) is 0 Å². The van der Waals surface area contributed by atoms with E-state index in [2.05, 4.69) is 30.8 Å². The van der Waals surface area contributed by atoms with Crippen molar-refractivity contribution < 1.29 is 4.79 Å². The molecule has 0 radical (unpaired) electrons. The third-order valence-corrected chi connectivity index (χ3v) is 4.59. The van der Waals surface area contributed by atoms with Crippen LogP contribution in [0.5, 0.6) is 0 Å². The molecule has 0 bridgehead atoms. The summed E-state index contributed by atoms with van der Waals surface area (Å²) in [6, 6.07) is 7.75. The van der Waals surface area contributed by atoms with Crippen LogP contribution in [0, 0.1) is 0 Å². The molecule has 1 fully saturated rings. The van der Waals surface area contributed by atoms with Gasteiger partial charge in [0, 0.05) is 12.1 Å². The van der Waals surface area contributed by atoms with Crippen LogP contribution in [-0.2, 0) is 11.3 Å². The lowest BCUT2D eigenvalue weighted by molar-refractivity contribution is -0.126. The first-order valence-electron chi connectivity index (χ1n) is 8.58. The smallest absolute Gasteiger partial charge is 0.237 e. The molecule has 1 aromatic heterocycles. The van der Waals surface area contributed by atoms with Crippen LogP contribution in [-0.4, -0.2) is 50.6 Å². The van der Waals surface area contributed by atoms with Crippen molar-refractivity contribution in [3.8, 4) is 11.4 Å². The number of nitrogens with zero attached hydrogens (tertiary/aromatic N) is 4. The lowest BCUT2D eigenvalue weighted by Gasteiger charge is -2.26. The van der Waals surface area contributed by atoms with E-state index in [1.54, 1.807) is 0 Å². The summed E-state index contributed by atoms with van der Waals surface area (Å²) in [6.45, 7) is 4.57. The highest BCUT2D eigenvalue weighted by Gasteiger charge is 2.21. The molecule has 0 aliphatic carbocycles. The van der Waals surface area contributed by atoms with Gasteiger partial charge in [0.25, 0.3) is 0 Å². The molecule has 0 unspecified atom stereocenters. The fourth-order valence-corrected chi connectivity index (χ4v) is 3.04. The average molecular weight is 328 g/mol. The predicted molar refractivity (Wildman–Crippen MR) is 91.0 cm³/mol. The van der Waals surface area contributed by atoms with Crippen LogP contribution < -0.4 is 5.32 Å². The van der Waals surface area contributed by atoms with E-state index in [-0.39, 0.29) is 11.9 Å². The van der Waals surface area contributed by atoms with Gasteiger partial charge in [-0.1, -0.05) is 37.1 Å². The Morgan fingerprint density at radius 2 is 1.92 bits per heavy atom. The summed E-state index contributed by atoms with van der Waals surface area (Å²) in [6.07, 6.45) is 4.93. The molecule has 7 heteroatoms. The van der Waals surface area contributed by atoms with E-state index in [1.807, 2.05) is 31.2 Å². The number of benzene rings is 1. The summed E-state index contributed by atoms with van der Waals surface area (Å²) < 4.78 is 0. The van der Waals surface area contributed by atoms with Gasteiger partial charge in [-0.05, 0) is 43.6 Å². The van der Waals surface area contributed by atoms with Gasteiger partial charge in [-0.2, -0.15) is 5.21 Å². The van der Waals surface area contributed by atoms with Crippen molar-refractivity contribution in [2.45, 2.75) is 45.2 Å². The fraction of sp³-hybridized carbons (Fsp3) is 0.529. The molecule has 2 aromatic rings. The zero-order valence-electron chi connectivity index (χ0n) is 14.0. The van der Waals surface area contributed by atoms with Gasteiger partial charge < -0.3 is 5.32 Å². The maximum Gasteiger partial charge on any atom is 0.237 e. The normalized spacial score (nSPS) is 17.2. The van der Waals surface area contributed by atoms with E-state index < -0.39 is 0 Å². The van der Waals surface area contributed by atoms with Gasteiger partial charge in [0.05, 0.1) is 6.04 Å². The monoisotopic (exact) mass is 328 g/mol. The molecular weight excluding hydrogens is 304 g/mol. The Kier molecular flexibility index (Phi) is 5.53. The molecule has 1 aromatic carbocycles. The molecule has 128 valence electrons. The second-order valence-electron chi connectivity index (χ2n) is 6.28. The van der Waals surface area contributed by atoms with Crippen LogP contribution in [0.25, 0.3) is 11.4 Å². The molecule has 1 amide bonds. The Bertz CT molecular complexity index is 632. The highest BCUT2D eigenvalue weighted by molar-refractivity contribution is 5.81. The van der Waals surface area contributed by atoms with Crippen LogP contribution in [0.4, 0.5) is 0 Å². The molecule has 24 heavy (non-hydrogen) atoms. The Morgan fingerprint density at radius 3 is 2.54 bits per heavy atom. The van der Waals surface area contributed by atoms with Crippen molar-refractivity contribution in [2.24, 2.45) is 0 Å². The first-order chi connectivity index (χ1) is 11.7. The van der Waals surface area contributed by atoms with Crippen molar-refractivity contribution >= 4 is 5.91 Å². The summed E-state index contributed by atoms with van der Waals surface area (Å²) >= 11 is 0. The topological polar surface area (TPSA) is 86.8 Å². The highest BCUT2D eigenvalue weighted by atomic mass is 16.2. The van der Waals surface area contributed by atoms with Crippen LogP contribution >= 0.6 is 0 Å². The average Bonchev–Trinajstić information content (AvgIpc) is 3.02. The number of nitrogens with one attached hydrogen (secondary N) is 2. The number of hydrogen-bond acceptors (Lipinski definition) is 5. The highest BCUT2D eigenvalue weighted by Crippen LogP contribution is 2.15. The zero-order valence-corrected chi connectivity index (χ0v) is 14.0. The second kappa shape index (κ2) is 8.01. The molecule has 1 aliphatic rings. The first kappa shape index (κ1) is 16.6. The van der Waals surface area contributed by atoms with Gasteiger partial charge in [0.2, 0.25) is 11.7 Å². The third kappa shape index (κ3) is 4.17. The van der Waals surface area contributed by atoms with Gasteiger partial charge in [0.1, 0.15) is 0 Å². The zero-order chi connectivity index (χ0) is 16.8. The molecule has 1 saturated heterocycles. The molecule has 1 aliphatic heterocycles. The number of hydrogen-bond donors (Lipinski definition) is 2. The lowest BCUT2D eigenvalue weighted by Crippen LogP contribution is -2.45. The minimum Gasteiger partial charge on any atom is -0.351 e. The maximum absolute atomic E-state index is 12.4. The van der Waals surface area contributed by atoms with Gasteiger partial charge in [-0.3, -0.25) is 9.69 Å². The number of amides is 1. The predicted octanol–water partition coefficient (Wildman–Crippen LogP) is 1.75. The van der Waals surface area contributed by atoms with Crippen LogP contribution in [0.1, 0.15) is 38.2 Å². The van der Waals surface area contributed by atoms with Gasteiger partial charge >= 0.3 is 0 Å². The number of aromatic amines is 1. The number of H-pyrrole nitrogens is 1. The Hall–Kier alpha value is -2.28. The van der Waals surface area contributed by atoms with Crippen molar-refractivity contribution in [1.29, 1.82) is 0 Å². The van der Waals surface area contributed by atoms with E-state index in [4.69, 9.17) is 0 Å². The van der Waals surface area contributed by atoms with Gasteiger partial charge in [-0.25, -0.2) is 0 Å². The standard InChI is InChI=1S/C17H24N6O/c1-13(23-10-4-2-3-5-11-23)17(24)18-12-14-6-8-15(9-7-14)16-19-21-22-20-16/h6-9,13H,2-5,10-12H2,1H3,(H,18,24)(H,19,20,21,22)/t13-/m1/s1. The van der Waals surface area contributed by atoms with Gasteiger partial charge in [-0.15, -0.1) is 10.2 Å². The quantitative estimate of drug-likeness (QED) is 0.873. The molecule has 3 rings (SSSR count).